The van der Waals surface area contributed by atoms with E-state index in [4.69, 9.17) is 5.73 Å². The van der Waals surface area contributed by atoms with Crippen molar-refractivity contribution < 1.29 is 0 Å². The summed E-state index contributed by atoms with van der Waals surface area (Å²) in [4.78, 5) is 16.5. The van der Waals surface area contributed by atoms with E-state index >= 15 is 0 Å². The Morgan fingerprint density at radius 3 is 2.56 bits per heavy atom. The van der Waals surface area contributed by atoms with Crippen LogP contribution in [0.15, 0.2) is 29.1 Å². The van der Waals surface area contributed by atoms with E-state index in [0.29, 0.717) is 16.7 Å². The lowest BCUT2D eigenvalue weighted by molar-refractivity contribution is 0.483. The lowest BCUT2D eigenvalue weighted by atomic mass is 10.1. The average Bonchev–Trinajstić information content (AvgIpc) is 2.22. The number of nitrogens with two attached hydrogens (primary N) is 1. The third kappa shape index (κ3) is 1.61. The average molecular weight is 217 g/mol. The van der Waals surface area contributed by atoms with Gasteiger partial charge in [-0.3, -0.25) is 9.36 Å². The van der Waals surface area contributed by atoms with Crippen LogP contribution < -0.4 is 11.3 Å². The minimum absolute atomic E-state index is 0.0564. The summed E-state index contributed by atoms with van der Waals surface area (Å²) in [6.45, 7) is 3.67. The highest BCUT2D eigenvalue weighted by atomic mass is 16.1. The van der Waals surface area contributed by atoms with Crippen molar-refractivity contribution in [1.82, 2.24) is 9.55 Å². The summed E-state index contributed by atoms with van der Waals surface area (Å²) < 4.78 is 1.52. The summed E-state index contributed by atoms with van der Waals surface area (Å²) in [6.07, 6.45) is 0. The van der Waals surface area contributed by atoms with Gasteiger partial charge in [0.1, 0.15) is 5.82 Å². The first-order valence-corrected chi connectivity index (χ1v) is 5.16. The van der Waals surface area contributed by atoms with E-state index in [-0.39, 0.29) is 5.56 Å². The predicted octanol–water partition coefficient (Wildman–Crippen LogP) is 1.13. The molecular weight excluding hydrogens is 202 g/mol. The van der Waals surface area contributed by atoms with Crippen molar-refractivity contribution in [3.8, 4) is 0 Å². The van der Waals surface area contributed by atoms with Crippen LogP contribution in [0.4, 0.5) is 0 Å². The van der Waals surface area contributed by atoms with Gasteiger partial charge in [-0.15, -0.1) is 0 Å². The van der Waals surface area contributed by atoms with Gasteiger partial charge in [-0.05, 0) is 26.0 Å². The minimum atomic E-state index is -0.627. The number of nitrogens with zero attached hydrogens (tertiary/aromatic N) is 2. The molecule has 1 aromatic carbocycles. The number of rotatable bonds is 1. The van der Waals surface area contributed by atoms with Crippen molar-refractivity contribution in [1.29, 1.82) is 0 Å². The highest BCUT2D eigenvalue weighted by Crippen LogP contribution is 2.15. The Morgan fingerprint density at radius 2 is 1.94 bits per heavy atom. The molecule has 4 nitrogen and oxygen atoms in total. The third-order valence-corrected chi connectivity index (χ3v) is 2.56. The molecule has 84 valence electrons. The number of hydrogen-bond donors (Lipinski definition) is 1. The summed E-state index contributed by atoms with van der Waals surface area (Å²) >= 11 is 0. The molecule has 0 saturated heterocycles. The van der Waals surface area contributed by atoms with Crippen LogP contribution >= 0.6 is 0 Å². The number of para-hydroxylation sites is 1. The van der Waals surface area contributed by atoms with Crippen molar-refractivity contribution >= 4 is 10.9 Å². The van der Waals surface area contributed by atoms with Gasteiger partial charge in [-0.25, -0.2) is 4.98 Å². The lowest BCUT2D eigenvalue weighted by Gasteiger charge is -2.21. The normalized spacial score (nSPS) is 12.0. The van der Waals surface area contributed by atoms with Gasteiger partial charge in [-0.2, -0.15) is 0 Å². The van der Waals surface area contributed by atoms with E-state index in [1.165, 1.54) is 4.57 Å². The summed E-state index contributed by atoms with van der Waals surface area (Å²) in [6, 6.07) is 7.30. The number of benzene rings is 1. The zero-order chi connectivity index (χ0) is 11.9. The van der Waals surface area contributed by atoms with E-state index in [0.717, 1.165) is 0 Å². The fourth-order valence-electron chi connectivity index (χ4n) is 1.79. The molecule has 0 amide bonds. The number of hydrogen-bond acceptors (Lipinski definition) is 3. The van der Waals surface area contributed by atoms with E-state index in [1.54, 1.807) is 13.1 Å². The SMILES string of the molecule is Cn1c(C(C)(C)N)nc2ccccc2c1=O. The second-order valence-electron chi connectivity index (χ2n) is 4.54. The van der Waals surface area contributed by atoms with Gasteiger partial charge in [0.25, 0.3) is 5.56 Å². The molecule has 2 rings (SSSR count). The van der Waals surface area contributed by atoms with Gasteiger partial charge in [0, 0.05) is 7.05 Å². The van der Waals surface area contributed by atoms with Crippen molar-refractivity contribution in [2.45, 2.75) is 19.4 Å². The highest BCUT2D eigenvalue weighted by Gasteiger charge is 2.20. The molecule has 0 fully saturated rings. The summed E-state index contributed by atoms with van der Waals surface area (Å²) in [5.41, 5.74) is 6.01. The van der Waals surface area contributed by atoms with Crippen LogP contribution in [0.3, 0.4) is 0 Å². The first-order valence-electron chi connectivity index (χ1n) is 5.16. The highest BCUT2D eigenvalue weighted by molar-refractivity contribution is 5.77. The Balaban J connectivity index is 2.90. The molecule has 0 unspecified atom stereocenters. The van der Waals surface area contributed by atoms with E-state index in [9.17, 15) is 4.79 Å². The van der Waals surface area contributed by atoms with Crippen molar-refractivity contribution in [2.24, 2.45) is 12.8 Å². The third-order valence-electron chi connectivity index (χ3n) is 2.56. The molecule has 0 saturated carbocycles. The van der Waals surface area contributed by atoms with Crippen LogP contribution in [-0.2, 0) is 12.6 Å². The van der Waals surface area contributed by atoms with Gasteiger partial charge in [0.05, 0.1) is 16.4 Å². The standard InChI is InChI=1S/C12H15N3O/c1-12(2,13)11-14-9-7-5-4-6-8(9)10(16)15(11)3/h4-7H,13H2,1-3H3. The van der Waals surface area contributed by atoms with Crippen molar-refractivity contribution in [2.75, 3.05) is 0 Å². The monoisotopic (exact) mass is 217 g/mol. The van der Waals surface area contributed by atoms with Crippen molar-refractivity contribution in [3.63, 3.8) is 0 Å². The molecule has 0 aliphatic rings. The topological polar surface area (TPSA) is 60.9 Å². The van der Waals surface area contributed by atoms with E-state index in [2.05, 4.69) is 4.98 Å². The zero-order valence-corrected chi connectivity index (χ0v) is 9.69. The Kier molecular flexibility index (Phi) is 2.31. The first kappa shape index (κ1) is 10.8. The Labute approximate surface area is 93.7 Å². The van der Waals surface area contributed by atoms with E-state index < -0.39 is 5.54 Å². The molecule has 4 heteroatoms. The largest absolute Gasteiger partial charge is 0.319 e. The minimum Gasteiger partial charge on any atom is -0.319 e. The zero-order valence-electron chi connectivity index (χ0n) is 9.69. The van der Waals surface area contributed by atoms with Crippen LogP contribution in [0.25, 0.3) is 10.9 Å². The molecular formula is C12H15N3O. The molecule has 0 aliphatic carbocycles. The van der Waals surface area contributed by atoms with Crippen LogP contribution in [0.1, 0.15) is 19.7 Å². The quantitative estimate of drug-likeness (QED) is 0.778. The fourth-order valence-corrected chi connectivity index (χ4v) is 1.79. The molecule has 16 heavy (non-hydrogen) atoms. The van der Waals surface area contributed by atoms with Crippen LogP contribution in [0, 0.1) is 0 Å². The number of fused-ring (bicyclic) bond motifs is 1. The molecule has 0 atom stereocenters. The summed E-state index contributed by atoms with van der Waals surface area (Å²) in [7, 11) is 1.70. The first-order chi connectivity index (χ1) is 7.41. The van der Waals surface area contributed by atoms with Gasteiger partial charge >= 0.3 is 0 Å². The maximum Gasteiger partial charge on any atom is 0.261 e. The smallest absolute Gasteiger partial charge is 0.261 e. The molecule has 2 aromatic rings. The maximum atomic E-state index is 12.1. The van der Waals surface area contributed by atoms with Gasteiger partial charge < -0.3 is 5.73 Å². The summed E-state index contributed by atoms with van der Waals surface area (Å²) in [5, 5.41) is 0.623. The maximum absolute atomic E-state index is 12.1. The predicted molar refractivity (Wildman–Crippen MR) is 64.2 cm³/mol. The van der Waals surface area contributed by atoms with Crippen LogP contribution in [0.5, 0.6) is 0 Å². The molecule has 0 bridgehead atoms. The molecule has 2 N–H and O–H groups in total. The molecule has 0 spiro atoms. The van der Waals surface area contributed by atoms with Gasteiger partial charge in [-0.1, -0.05) is 12.1 Å². The Morgan fingerprint density at radius 1 is 1.31 bits per heavy atom. The second kappa shape index (κ2) is 3.42. The van der Waals surface area contributed by atoms with Gasteiger partial charge in [0.2, 0.25) is 0 Å². The van der Waals surface area contributed by atoms with Gasteiger partial charge in [0.15, 0.2) is 0 Å². The molecule has 0 aliphatic heterocycles. The Hall–Kier alpha value is -1.68. The fraction of sp³-hybridized carbons (Fsp3) is 0.333. The molecule has 1 aromatic heterocycles. The second-order valence-corrected chi connectivity index (χ2v) is 4.54. The Bertz CT molecular complexity index is 593. The van der Waals surface area contributed by atoms with Crippen molar-refractivity contribution in [3.05, 3.63) is 40.4 Å². The van der Waals surface area contributed by atoms with E-state index in [1.807, 2.05) is 32.0 Å². The number of aromatic nitrogens is 2. The molecule has 0 radical (unpaired) electrons. The lowest BCUT2D eigenvalue weighted by Crippen LogP contribution is -2.37. The molecule has 1 heterocycles. The summed E-state index contributed by atoms with van der Waals surface area (Å²) in [5.74, 6) is 0.594. The van der Waals surface area contributed by atoms with Crippen LogP contribution in [-0.4, -0.2) is 9.55 Å². The van der Waals surface area contributed by atoms with Crippen LogP contribution in [0.2, 0.25) is 0 Å².